The van der Waals surface area contributed by atoms with Gasteiger partial charge in [0.1, 0.15) is 6.10 Å². The summed E-state index contributed by atoms with van der Waals surface area (Å²) in [5.74, 6) is 1.04. The van der Waals surface area contributed by atoms with Gasteiger partial charge < -0.3 is 14.5 Å². The Labute approximate surface area is 153 Å². The van der Waals surface area contributed by atoms with Crippen molar-refractivity contribution in [1.29, 1.82) is 0 Å². The lowest BCUT2D eigenvalue weighted by Gasteiger charge is -2.39. The van der Waals surface area contributed by atoms with Crippen LogP contribution in [-0.4, -0.2) is 63.6 Å². The number of ether oxygens (including phenoxy) is 1. The van der Waals surface area contributed by atoms with Gasteiger partial charge in [0.05, 0.1) is 11.6 Å². The highest BCUT2D eigenvalue weighted by molar-refractivity contribution is 5.80. The molecule has 0 spiro atoms. The Hall–Kier alpha value is -2.35. The van der Waals surface area contributed by atoms with Crippen LogP contribution >= 0.6 is 0 Å². The molecule has 8 nitrogen and oxygen atoms in total. The maximum absolute atomic E-state index is 13.2. The zero-order valence-electron chi connectivity index (χ0n) is 15.4. The second-order valence-electron chi connectivity index (χ2n) is 7.14. The summed E-state index contributed by atoms with van der Waals surface area (Å²) in [7, 11) is 1.90. The van der Waals surface area contributed by atoms with Gasteiger partial charge in [-0.2, -0.15) is 10.2 Å². The van der Waals surface area contributed by atoms with Crippen molar-refractivity contribution in [1.82, 2.24) is 24.9 Å². The number of H-pyrrole nitrogens is 1. The number of anilines is 1. The molecule has 0 aromatic carbocycles. The zero-order valence-corrected chi connectivity index (χ0v) is 15.4. The molecular formula is C18H26N6O2. The summed E-state index contributed by atoms with van der Waals surface area (Å²) in [5, 5.41) is 11.5. The van der Waals surface area contributed by atoms with Gasteiger partial charge in [0.15, 0.2) is 5.82 Å². The van der Waals surface area contributed by atoms with E-state index < -0.39 is 0 Å². The Morgan fingerprint density at radius 2 is 2.12 bits per heavy atom. The first-order valence-corrected chi connectivity index (χ1v) is 9.29. The van der Waals surface area contributed by atoms with E-state index in [0.29, 0.717) is 6.61 Å². The Bertz CT molecular complexity index is 761. The number of hydrogen-bond donors (Lipinski definition) is 1. The number of aromatic nitrogens is 4. The van der Waals surface area contributed by atoms with Gasteiger partial charge in [-0.05, 0) is 25.8 Å². The number of aryl methyl sites for hydroxylation is 2. The minimum absolute atomic E-state index is 0.127. The Kier molecular flexibility index (Phi) is 4.67. The minimum Gasteiger partial charge on any atom is -0.371 e. The van der Waals surface area contributed by atoms with Crippen LogP contribution in [-0.2, 0) is 16.6 Å². The van der Waals surface area contributed by atoms with Crippen LogP contribution in [0.2, 0.25) is 0 Å². The second-order valence-corrected chi connectivity index (χ2v) is 7.14. The van der Waals surface area contributed by atoms with E-state index >= 15 is 0 Å². The third-order valence-corrected chi connectivity index (χ3v) is 5.40. The van der Waals surface area contributed by atoms with Crippen molar-refractivity contribution in [2.24, 2.45) is 13.0 Å². The monoisotopic (exact) mass is 358 g/mol. The molecule has 0 saturated carbocycles. The minimum atomic E-state index is -0.198. The average Bonchev–Trinajstić information content (AvgIpc) is 3.29. The summed E-state index contributed by atoms with van der Waals surface area (Å²) < 4.78 is 7.80. The standard InChI is InChI=1S/C18H26N6O2/c1-13-12-16(21-20-13)23-7-9-24(10-8-23)18(25)14-4-3-11-26-17(14)15-5-6-19-22(15)2/h5-6,12,14,17H,3-4,7-11H2,1-2H3,(H,20,21)/t14-,17-/m1/s1. The van der Waals surface area contributed by atoms with E-state index in [1.165, 1.54) is 0 Å². The predicted octanol–water partition coefficient (Wildman–Crippen LogP) is 1.27. The molecule has 2 aromatic heterocycles. The first kappa shape index (κ1) is 17.1. The maximum Gasteiger partial charge on any atom is 0.228 e. The molecule has 140 valence electrons. The first-order valence-electron chi connectivity index (χ1n) is 9.29. The average molecular weight is 358 g/mol. The Morgan fingerprint density at radius 1 is 1.31 bits per heavy atom. The quantitative estimate of drug-likeness (QED) is 0.894. The van der Waals surface area contributed by atoms with Crippen LogP contribution in [0.4, 0.5) is 5.82 Å². The van der Waals surface area contributed by atoms with E-state index in [9.17, 15) is 4.79 Å². The highest BCUT2D eigenvalue weighted by Gasteiger charge is 2.38. The van der Waals surface area contributed by atoms with Crippen LogP contribution < -0.4 is 4.90 Å². The smallest absolute Gasteiger partial charge is 0.228 e. The number of carbonyl (C=O) groups is 1. The normalized spacial score (nSPS) is 24.1. The number of hydrogen-bond acceptors (Lipinski definition) is 5. The molecule has 0 unspecified atom stereocenters. The van der Waals surface area contributed by atoms with Crippen molar-refractivity contribution in [3.05, 3.63) is 29.7 Å². The number of rotatable bonds is 3. The van der Waals surface area contributed by atoms with Gasteiger partial charge in [0, 0.05) is 57.8 Å². The second kappa shape index (κ2) is 7.11. The first-order chi connectivity index (χ1) is 12.6. The van der Waals surface area contributed by atoms with Gasteiger partial charge in [-0.1, -0.05) is 0 Å². The third-order valence-electron chi connectivity index (χ3n) is 5.40. The van der Waals surface area contributed by atoms with Crippen LogP contribution in [0.1, 0.15) is 30.3 Å². The lowest BCUT2D eigenvalue weighted by Crippen LogP contribution is -2.51. The fourth-order valence-corrected chi connectivity index (χ4v) is 3.94. The number of aromatic amines is 1. The van der Waals surface area contributed by atoms with Crippen molar-refractivity contribution in [3.8, 4) is 0 Å². The van der Waals surface area contributed by atoms with Crippen molar-refractivity contribution in [2.45, 2.75) is 25.9 Å². The molecule has 8 heteroatoms. The predicted molar refractivity (Wildman–Crippen MR) is 96.7 cm³/mol. The highest BCUT2D eigenvalue weighted by atomic mass is 16.5. The lowest BCUT2D eigenvalue weighted by atomic mass is 9.90. The fraction of sp³-hybridized carbons (Fsp3) is 0.611. The number of nitrogens with zero attached hydrogens (tertiary/aromatic N) is 5. The highest BCUT2D eigenvalue weighted by Crippen LogP contribution is 2.35. The molecule has 2 aromatic rings. The van der Waals surface area contributed by atoms with E-state index in [-0.39, 0.29) is 17.9 Å². The zero-order chi connectivity index (χ0) is 18.1. The molecule has 1 amide bonds. The molecule has 4 rings (SSSR count). The maximum atomic E-state index is 13.2. The van der Waals surface area contributed by atoms with Gasteiger partial charge in [-0.3, -0.25) is 14.6 Å². The summed E-state index contributed by atoms with van der Waals surface area (Å²) in [6.07, 6.45) is 3.36. The fourth-order valence-electron chi connectivity index (χ4n) is 3.94. The Morgan fingerprint density at radius 3 is 2.77 bits per heavy atom. The van der Waals surface area contributed by atoms with Crippen LogP contribution in [0.5, 0.6) is 0 Å². The van der Waals surface area contributed by atoms with Gasteiger partial charge >= 0.3 is 0 Å². The number of amides is 1. The van der Waals surface area contributed by atoms with E-state index in [1.807, 2.05) is 35.7 Å². The van der Waals surface area contributed by atoms with Gasteiger partial charge in [0.2, 0.25) is 5.91 Å². The Balaban J connectivity index is 1.43. The molecular weight excluding hydrogens is 332 g/mol. The molecule has 2 fully saturated rings. The SMILES string of the molecule is Cc1cc(N2CCN(C(=O)[C@@H]3CCCO[C@H]3c3ccnn3C)CC2)n[nH]1. The molecule has 2 atom stereocenters. The molecule has 2 saturated heterocycles. The van der Waals surface area contributed by atoms with Crippen LogP contribution in [0.3, 0.4) is 0 Å². The molecule has 2 aliphatic rings. The molecule has 0 radical (unpaired) electrons. The third kappa shape index (κ3) is 3.21. The van der Waals surface area contributed by atoms with Crippen LogP contribution in [0.15, 0.2) is 18.3 Å². The van der Waals surface area contributed by atoms with Crippen molar-refractivity contribution in [2.75, 3.05) is 37.7 Å². The summed E-state index contributed by atoms with van der Waals surface area (Å²) in [6, 6.07) is 4.00. The molecule has 4 heterocycles. The molecule has 2 aliphatic heterocycles. The number of nitrogens with one attached hydrogen (secondary N) is 1. The van der Waals surface area contributed by atoms with Crippen LogP contribution in [0, 0.1) is 12.8 Å². The van der Waals surface area contributed by atoms with Crippen LogP contribution in [0.25, 0.3) is 0 Å². The largest absolute Gasteiger partial charge is 0.371 e. The van der Waals surface area contributed by atoms with Crippen molar-refractivity contribution < 1.29 is 9.53 Å². The van der Waals surface area contributed by atoms with E-state index in [4.69, 9.17) is 4.74 Å². The van der Waals surface area contributed by atoms with E-state index in [0.717, 1.165) is 56.2 Å². The summed E-state index contributed by atoms with van der Waals surface area (Å²) in [4.78, 5) is 17.4. The van der Waals surface area contributed by atoms with E-state index in [2.05, 4.69) is 20.2 Å². The van der Waals surface area contributed by atoms with E-state index in [1.54, 1.807) is 6.20 Å². The van der Waals surface area contributed by atoms with Gasteiger partial charge in [-0.15, -0.1) is 0 Å². The summed E-state index contributed by atoms with van der Waals surface area (Å²) >= 11 is 0. The van der Waals surface area contributed by atoms with Crippen molar-refractivity contribution in [3.63, 3.8) is 0 Å². The number of carbonyl (C=O) groups excluding carboxylic acids is 1. The summed E-state index contributed by atoms with van der Waals surface area (Å²) in [6.45, 7) is 5.75. The molecule has 0 bridgehead atoms. The summed E-state index contributed by atoms with van der Waals surface area (Å²) in [5.41, 5.74) is 2.03. The number of piperazine rings is 1. The van der Waals surface area contributed by atoms with Gasteiger partial charge in [-0.25, -0.2) is 0 Å². The topological polar surface area (TPSA) is 79.3 Å². The lowest BCUT2D eigenvalue weighted by molar-refractivity contribution is -0.146. The van der Waals surface area contributed by atoms with Gasteiger partial charge in [0.25, 0.3) is 0 Å². The molecule has 26 heavy (non-hydrogen) atoms. The van der Waals surface area contributed by atoms with Crippen molar-refractivity contribution >= 4 is 11.7 Å². The molecule has 1 N–H and O–H groups in total. The molecule has 0 aliphatic carbocycles.